The molecule has 0 saturated heterocycles. The molecule has 0 spiro atoms. The number of rotatable bonds is 4. The lowest BCUT2D eigenvalue weighted by molar-refractivity contribution is 0.0515. The molecule has 0 bridgehead atoms. The van der Waals surface area contributed by atoms with Gasteiger partial charge in [-0.25, -0.2) is 4.79 Å². The van der Waals surface area contributed by atoms with E-state index in [2.05, 4.69) is 10.5 Å². The highest BCUT2D eigenvalue weighted by Gasteiger charge is 2.19. The quantitative estimate of drug-likeness (QED) is 0.442. The minimum absolute atomic E-state index is 0.306. The number of amides is 1. The summed E-state index contributed by atoms with van der Waals surface area (Å²) in [6.07, 6.45) is 1.49. The van der Waals surface area contributed by atoms with Gasteiger partial charge in [0.1, 0.15) is 5.60 Å². The number of hydrogen-bond acceptors (Lipinski definition) is 4. The van der Waals surface area contributed by atoms with Gasteiger partial charge in [-0.2, -0.15) is 0 Å². The van der Waals surface area contributed by atoms with Crippen molar-refractivity contribution in [2.75, 3.05) is 0 Å². The number of carbonyl (C=O) groups is 1. The second-order valence-corrected chi connectivity index (χ2v) is 5.15. The number of alkyl carbamates (subject to hydrolysis) is 1. The van der Waals surface area contributed by atoms with Crippen molar-refractivity contribution in [2.45, 2.75) is 52.7 Å². The van der Waals surface area contributed by atoms with Gasteiger partial charge in [0.2, 0.25) is 0 Å². The summed E-state index contributed by atoms with van der Waals surface area (Å²) in [6.45, 7) is 9.43. The highest BCUT2D eigenvalue weighted by atomic mass is 16.6. The smallest absolute Gasteiger partial charge is 0.408 e. The maximum atomic E-state index is 11.4. The number of oxime groups is 1. The van der Waals surface area contributed by atoms with E-state index in [-0.39, 0.29) is 6.04 Å². The van der Waals surface area contributed by atoms with E-state index in [1.807, 2.05) is 13.8 Å². The summed E-state index contributed by atoms with van der Waals surface area (Å²) in [5, 5.41) is 14.1. The maximum absolute atomic E-state index is 11.4. The van der Waals surface area contributed by atoms with Crippen LogP contribution in [0, 0.1) is 5.92 Å². The Kier molecular flexibility index (Phi) is 5.85. The van der Waals surface area contributed by atoms with Crippen molar-refractivity contribution in [1.29, 1.82) is 0 Å². The van der Waals surface area contributed by atoms with Crippen molar-refractivity contribution in [2.24, 2.45) is 11.1 Å². The van der Waals surface area contributed by atoms with Gasteiger partial charge in [0.05, 0.1) is 12.3 Å². The fourth-order valence-corrected chi connectivity index (χ4v) is 1.20. The molecule has 5 heteroatoms. The van der Waals surface area contributed by atoms with Crippen LogP contribution in [0.3, 0.4) is 0 Å². The third-order valence-corrected chi connectivity index (χ3v) is 1.67. The Labute approximate surface area is 96.9 Å². The topological polar surface area (TPSA) is 70.9 Å². The summed E-state index contributed by atoms with van der Waals surface area (Å²) < 4.78 is 5.10. The van der Waals surface area contributed by atoms with Gasteiger partial charge in [-0.3, -0.25) is 0 Å². The monoisotopic (exact) mass is 230 g/mol. The van der Waals surface area contributed by atoms with Gasteiger partial charge in [0.15, 0.2) is 0 Å². The van der Waals surface area contributed by atoms with Gasteiger partial charge in [-0.05, 0) is 33.1 Å². The fourth-order valence-electron chi connectivity index (χ4n) is 1.20. The first-order valence-corrected chi connectivity index (χ1v) is 5.41. The molecule has 0 aliphatic carbocycles. The molecule has 0 aliphatic heterocycles. The van der Waals surface area contributed by atoms with Gasteiger partial charge in [0, 0.05) is 0 Å². The van der Waals surface area contributed by atoms with Crippen LogP contribution < -0.4 is 5.32 Å². The second-order valence-electron chi connectivity index (χ2n) is 5.15. The molecule has 0 aliphatic rings. The van der Waals surface area contributed by atoms with Crippen LogP contribution in [0.25, 0.3) is 0 Å². The number of hydrogen-bond donors (Lipinski definition) is 2. The number of nitrogens with zero attached hydrogens (tertiary/aromatic N) is 1. The van der Waals surface area contributed by atoms with Gasteiger partial charge >= 0.3 is 6.09 Å². The molecule has 94 valence electrons. The summed E-state index contributed by atoms with van der Waals surface area (Å²) in [4.78, 5) is 11.4. The molecule has 5 nitrogen and oxygen atoms in total. The van der Waals surface area contributed by atoms with Gasteiger partial charge < -0.3 is 15.3 Å². The predicted octanol–water partition coefficient (Wildman–Crippen LogP) is 2.39. The van der Waals surface area contributed by atoms with Crippen LogP contribution in [0.5, 0.6) is 0 Å². The molecule has 2 N–H and O–H groups in total. The molecule has 0 aromatic carbocycles. The van der Waals surface area contributed by atoms with E-state index in [1.165, 1.54) is 6.21 Å². The van der Waals surface area contributed by atoms with E-state index in [1.54, 1.807) is 20.8 Å². The van der Waals surface area contributed by atoms with Crippen molar-refractivity contribution >= 4 is 12.3 Å². The van der Waals surface area contributed by atoms with Gasteiger partial charge in [-0.15, -0.1) is 0 Å². The number of ether oxygens (including phenoxy) is 1. The zero-order chi connectivity index (χ0) is 12.8. The van der Waals surface area contributed by atoms with Crippen molar-refractivity contribution < 1.29 is 14.7 Å². The molecule has 0 saturated carbocycles. The summed E-state index contributed by atoms with van der Waals surface area (Å²) in [6, 6.07) is -0.306. The second kappa shape index (κ2) is 6.35. The average Bonchev–Trinajstić information content (AvgIpc) is 1.98. The summed E-state index contributed by atoms with van der Waals surface area (Å²) in [5.41, 5.74) is -0.525. The van der Waals surface area contributed by atoms with Crippen molar-refractivity contribution in [1.82, 2.24) is 5.32 Å². The van der Waals surface area contributed by atoms with Crippen LogP contribution in [-0.4, -0.2) is 29.2 Å². The van der Waals surface area contributed by atoms with Crippen LogP contribution >= 0.6 is 0 Å². The lowest BCUT2D eigenvalue weighted by atomic mass is 10.1. The standard InChI is InChI=1S/C11H22N2O3/c1-8(2)6-9(7-12-15)13-10(14)16-11(3,4)5/h7-9,15H,6H2,1-5H3,(H,13,14). The summed E-state index contributed by atoms with van der Waals surface area (Å²) in [5.74, 6) is 0.387. The summed E-state index contributed by atoms with van der Waals surface area (Å²) in [7, 11) is 0. The number of nitrogens with one attached hydrogen (secondary N) is 1. The Morgan fingerprint density at radius 2 is 2.06 bits per heavy atom. The summed E-state index contributed by atoms with van der Waals surface area (Å²) >= 11 is 0. The normalized spacial score (nSPS) is 14.1. The Morgan fingerprint density at radius 3 is 2.44 bits per heavy atom. The Bertz CT molecular complexity index is 244. The SMILES string of the molecule is CC(C)CC(C=NO)NC(=O)OC(C)(C)C. The lowest BCUT2D eigenvalue weighted by Gasteiger charge is -2.22. The molecule has 1 amide bonds. The van der Waals surface area contributed by atoms with Crippen LogP contribution in [-0.2, 0) is 4.74 Å². The molecule has 0 aromatic heterocycles. The minimum atomic E-state index is -0.525. The van der Waals surface area contributed by atoms with Gasteiger partial charge in [0.25, 0.3) is 0 Å². The highest BCUT2D eigenvalue weighted by molar-refractivity contribution is 5.75. The van der Waals surface area contributed by atoms with Crippen molar-refractivity contribution in [3.63, 3.8) is 0 Å². The average molecular weight is 230 g/mol. The highest BCUT2D eigenvalue weighted by Crippen LogP contribution is 2.08. The first kappa shape index (κ1) is 14.7. The van der Waals surface area contributed by atoms with Crippen LogP contribution in [0.2, 0.25) is 0 Å². The molecular formula is C11H22N2O3. The Hall–Kier alpha value is -1.26. The molecular weight excluding hydrogens is 208 g/mol. The van der Waals surface area contributed by atoms with Crippen LogP contribution in [0.15, 0.2) is 5.16 Å². The zero-order valence-electron chi connectivity index (χ0n) is 10.7. The maximum Gasteiger partial charge on any atom is 0.408 e. The lowest BCUT2D eigenvalue weighted by Crippen LogP contribution is -2.40. The van der Waals surface area contributed by atoms with Gasteiger partial charge in [-0.1, -0.05) is 19.0 Å². The third kappa shape index (κ3) is 8.08. The molecule has 1 atom stereocenters. The molecule has 0 aromatic rings. The predicted molar refractivity (Wildman–Crippen MR) is 62.9 cm³/mol. The molecule has 0 radical (unpaired) electrons. The molecule has 0 fully saturated rings. The van der Waals surface area contributed by atoms with E-state index in [0.29, 0.717) is 12.3 Å². The van der Waals surface area contributed by atoms with Crippen molar-refractivity contribution in [3.8, 4) is 0 Å². The first-order valence-electron chi connectivity index (χ1n) is 5.41. The largest absolute Gasteiger partial charge is 0.444 e. The van der Waals surface area contributed by atoms with E-state index in [0.717, 1.165) is 0 Å². The first-order chi connectivity index (χ1) is 7.24. The van der Waals surface area contributed by atoms with Crippen LogP contribution in [0.1, 0.15) is 41.0 Å². The molecule has 16 heavy (non-hydrogen) atoms. The van der Waals surface area contributed by atoms with Crippen molar-refractivity contribution in [3.05, 3.63) is 0 Å². The van der Waals surface area contributed by atoms with E-state index in [4.69, 9.17) is 9.94 Å². The van der Waals surface area contributed by atoms with E-state index >= 15 is 0 Å². The fraction of sp³-hybridized carbons (Fsp3) is 0.818. The van der Waals surface area contributed by atoms with E-state index in [9.17, 15) is 4.79 Å². The minimum Gasteiger partial charge on any atom is -0.444 e. The molecule has 1 unspecified atom stereocenters. The third-order valence-electron chi connectivity index (χ3n) is 1.67. The number of carbonyl (C=O) groups excluding carboxylic acids is 1. The molecule has 0 rings (SSSR count). The Morgan fingerprint density at radius 1 is 1.50 bits per heavy atom. The van der Waals surface area contributed by atoms with E-state index < -0.39 is 11.7 Å². The molecule has 0 heterocycles. The Balaban J connectivity index is 4.24. The van der Waals surface area contributed by atoms with Crippen LogP contribution in [0.4, 0.5) is 4.79 Å². The zero-order valence-corrected chi connectivity index (χ0v) is 10.7.